The minimum atomic E-state index is -0.212. The Morgan fingerprint density at radius 3 is 2.79 bits per heavy atom. The normalized spacial score (nSPS) is 29.7. The molecule has 1 heterocycles. The van der Waals surface area contributed by atoms with Crippen molar-refractivity contribution >= 4 is 5.97 Å². The topological polar surface area (TPSA) is 35.5 Å². The van der Waals surface area contributed by atoms with Crippen LogP contribution in [0.25, 0.3) is 0 Å². The summed E-state index contributed by atoms with van der Waals surface area (Å²) in [5, 5.41) is 0. The summed E-state index contributed by atoms with van der Waals surface area (Å²) < 4.78 is 11.2. The lowest BCUT2D eigenvalue weighted by Crippen LogP contribution is -2.21. The third kappa shape index (κ3) is 4.83. The number of fused-ring (bicyclic) bond motifs is 1. The first-order chi connectivity index (χ1) is 11.4. The van der Waals surface area contributed by atoms with Gasteiger partial charge in [0.25, 0.3) is 0 Å². The number of rotatable bonds is 6. The Bertz CT molecular complexity index is 537. The van der Waals surface area contributed by atoms with E-state index in [4.69, 9.17) is 9.47 Å². The zero-order chi connectivity index (χ0) is 17.7. The van der Waals surface area contributed by atoms with Crippen molar-refractivity contribution in [3.8, 4) is 0 Å². The number of carbonyl (C=O) groups is 1. The van der Waals surface area contributed by atoms with E-state index >= 15 is 0 Å². The molecule has 0 bridgehead atoms. The molecule has 3 nitrogen and oxygen atoms in total. The van der Waals surface area contributed by atoms with Crippen molar-refractivity contribution < 1.29 is 14.3 Å². The fourth-order valence-corrected chi connectivity index (χ4v) is 3.81. The summed E-state index contributed by atoms with van der Waals surface area (Å²) in [5.41, 5.74) is 3.49. The van der Waals surface area contributed by atoms with Gasteiger partial charge in [-0.25, -0.2) is 4.79 Å². The lowest BCUT2D eigenvalue weighted by molar-refractivity contribution is -0.136. The smallest absolute Gasteiger partial charge is 0.333 e. The highest BCUT2D eigenvalue weighted by molar-refractivity contribution is 5.88. The SMILES string of the molecule is COC(=O)C(=CCC1OC2C=C(C)CCC2C1C)CCC=C(C)C. The molecule has 0 aromatic carbocycles. The third-order valence-corrected chi connectivity index (χ3v) is 5.35. The van der Waals surface area contributed by atoms with Crippen molar-refractivity contribution in [1.82, 2.24) is 0 Å². The van der Waals surface area contributed by atoms with Gasteiger partial charge in [0.05, 0.1) is 19.3 Å². The van der Waals surface area contributed by atoms with Crippen LogP contribution >= 0.6 is 0 Å². The summed E-state index contributed by atoms with van der Waals surface area (Å²) >= 11 is 0. The molecule has 1 aliphatic heterocycles. The van der Waals surface area contributed by atoms with Gasteiger partial charge in [0.2, 0.25) is 0 Å². The van der Waals surface area contributed by atoms with Gasteiger partial charge in [-0.05, 0) is 64.7 Å². The lowest BCUT2D eigenvalue weighted by Gasteiger charge is -2.23. The van der Waals surface area contributed by atoms with Crippen molar-refractivity contribution in [2.45, 2.75) is 72.0 Å². The van der Waals surface area contributed by atoms with E-state index in [0.29, 0.717) is 11.8 Å². The molecule has 0 spiro atoms. The van der Waals surface area contributed by atoms with E-state index in [1.807, 2.05) is 6.08 Å². The van der Waals surface area contributed by atoms with Crippen LogP contribution in [0.5, 0.6) is 0 Å². The second-order valence-corrected chi connectivity index (χ2v) is 7.49. The van der Waals surface area contributed by atoms with Crippen LogP contribution in [0.1, 0.15) is 59.8 Å². The molecular formula is C21H32O3. The maximum atomic E-state index is 12.0. The third-order valence-electron chi connectivity index (χ3n) is 5.35. The molecule has 0 aromatic heterocycles. The summed E-state index contributed by atoms with van der Waals surface area (Å²) in [6, 6.07) is 0. The Balaban J connectivity index is 2.00. The van der Waals surface area contributed by atoms with Crippen molar-refractivity contribution in [2.24, 2.45) is 11.8 Å². The second-order valence-electron chi connectivity index (χ2n) is 7.49. The fourth-order valence-electron chi connectivity index (χ4n) is 3.81. The minimum Gasteiger partial charge on any atom is -0.466 e. The number of esters is 1. The zero-order valence-corrected chi connectivity index (χ0v) is 15.8. The minimum absolute atomic E-state index is 0.199. The average Bonchev–Trinajstić information content (AvgIpc) is 2.85. The van der Waals surface area contributed by atoms with E-state index in [2.05, 4.69) is 39.8 Å². The Kier molecular flexibility index (Phi) is 6.85. The van der Waals surface area contributed by atoms with Crippen LogP contribution in [0, 0.1) is 11.8 Å². The van der Waals surface area contributed by atoms with E-state index in [0.717, 1.165) is 24.8 Å². The van der Waals surface area contributed by atoms with Gasteiger partial charge in [-0.3, -0.25) is 0 Å². The first-order valence-electron chi connectivity index (χ1n) is 9.15. The maximum absolute atomic E-state index is 12.0. The Morgan fingerprint density at radius 2 is 2.12 bits per heavy atom. The predicted octanol–water partition coefficient (Wildman–Crippen LogP) is 4.98. The molecule has 0 aromatic rings. The average molecular weight is 332 g/mol. The molecule has 1 aliphatic carbocycles. The molecular weight excluding hydrogens is 300 g/mol. The molecule has 0 saturated carbocycles. The molecule has 4 unspecified atom stereocenters. The second kappa shape index (κ2) is 8.66. The van der Waals surface area contributed by atoms with Gasteiger partial charge in [-0.15, -0.1) is 0 Å². The number of methoxy groups -OCH3 is 1. The van der Waals surface area contributed by atoms with Crippen LogP contribution in [0.15, 0.2) is 34.9 Å². The van der Waals surface area contributed by atoms with Gasteiger partial charge in [-0.2, -0.15) is 0 Å². The number of ether oxygens (including phenoxy) is 2. The van der Waals surface area contributed by atoms with Gasteiger partial charge in [-0.1, -0.05) is 36.3 Å². The van der Waals surface area contributed by atoms with E-state index in [1.54, 1.807) is 0 Å². The molecule has 0 N–H and O–H groups in total. The van der Waals surface area contributed by atoms with Crippen molar-refractivity contribution in [3.63, 3.8) is 0 Å². The molecule has 2 rings (SSSR count). The quantitative estimate of drug-likeness (QED) is 0.391. The number of hydrogen-bond acceptors (Lipinski definition) is 3. The Morgan fingerprint density at radius 1 is 1.38 bits per heavy atom. The molecule has 1 fully saturated rings. The number of allylic oxidation sites excluding steroid dienone is 3. The van der Waals surface area contributed by atoms with Crippen LogP contribution in [0.2, 0.25) is 0 Å². The summed E-state index contributed by atoms with van der Waals surface area (Å²) in [5.74, 6) is 0.947. The summed E-state index contributed by atoms with van der Waals surface area (Å²) in [7, 11) is 1.45. The van der Waals surface area contributed by atoms with Gasteiger partial charge in [0.1, 0.15) is 0 Å². The molecule has 134 valence electrons. The Labute approximate surface area is 146 Å². The first kappa shape index (κ1) is 19.0. The molecule has 3 heteroatoms. The summed E-state index contributed by atoms with van der Waals surface area (Å²) in [6.45, 7) is 8.63. The molecule has 0 radical (unpaired) electrons. The highest BCUT2D eigenvalue weighted by atomic mass is 16.5. The molecule has 1 saturated heterocycles. The van der Waals surface area contributed by atoms with Crippen molar-refractivity contribution in [2.75, 3.05) is 7.11 Å². The summed E-state index contributed by atoms with van der Waals surface area (Å²) in [6.07, 6.45) is 11.8. The van der Waals surface area contributed by atoms with E-state index in [1.165, 1.54) is 31.1 Å². The molecule has 24 heavy (non-hydrogen) atoms. The standard InChI is InChI=1S/C21H32O3/c1-14(2)7-6-8-17(21(22)23-5)10-12-19-16(4)18-11-9-15(3)13-20(18)24-19/h7,10,13,16,18-20H,6,8-9,11-12H2,1-5H3. The highest BCUT2D eigenvalue weighted by Crippen LogP contribution is 2.41. The number of hydrogen-bond donors (Lipinski definition) is 0. The largest absolute Gasteiger partial charge is 0.466 e. The predicted molar refractivity (Wildman–Crippen MR) is 97.7 cm³/mol. The molecule has 4 atom stereocenters. The van der Waals surface area contributed by atoms with Crippen LogP contribution in [-0.2, 0) is 14.3 Å². The van der Waals surface area contributed by atoms with E-state index in [9.17, 15) is 4.79 Å². The lowest BCUT2D eigenvalue weighted by atomic mass is 9.80. The first-order valence-corrected chi connectivity index (χ1v) is 9.15. The fraction of sp³-hybridized carbons (Fsp3) is 0.667. The van der Waals surface area contributed by atoms with Crippen LogP contribution < -0.4 is 0 Å². The van der Waals surface area contributed by atoms with E-state index < -0.39 is 0 Å². The van der Waals surface area contributed by atoms with Crippen LogP contribution in [-0.4, -0.2) is 25.3 Å². The molecule has 2 aliphatic rings. The van der Waals surface area contributed by atoms with Crippen LogP contribution in [0.4, 0.5) is 0 Å². The Hall–Kier alpha value is -1.35. The monoisotopic (exact) mass is 332 g/mol. The number of carbonyl (C=O) groups excluding carboxylic acids is 1. The van der Waals surface area contributed by atoms with Gasteiger partial charge >= 0.3 is 5.97 Å². The van der Waals surface area contributed by atoms with Gasteiger partial charge in [0.15, 0.2) is 0 Å². The molecule has 0 amide bonds. The van der Waals surface area contributed by atoms with Crippen LogP contribution in [0.3, 0.4) is 0 Å². The summed E-state index contributed by atoms with van der Waals surface area (Å²) in [4.78, 5) is 12.0. The van der Waals surface area contributed by atoms with Crippen molar-refractivity contribution in [3.05, 3.63) is 34.9 Å². The maximum Gasteiger partial charge on any atom is 0.333 e. The highest BCUT2D eigenvalue weighted by Gasteiger charge is 2.41. The zero-order valence-electron chi connectivity index (χ0n) is 15.8. The van der Waals surface area contributed by atoms with Gasteiger partial charge in [0, 0.05) is 5.57 Å². The van der Waals surface area contributed by atoms with Gasteiger partial charge < -0.3 is 9.47 Å². The van der Waals surface area contributed by atoms with E-state index in [-0.39, 0.29) is 18.2 Å². The van der Waals surface area contributed by atoms with Crippen molar-refractivity contribution in [1.29, 1.82) is 0 Å².